The fraction of sp³-hybridized carbons (Fsp3) is 0.167. The molecule has 1 heterocycles. The van der Waals surface area contributed by atoms with Gasteiger partial charge in [0.25, 0.3) is 5.91 Å². The van der Waals surface area contributed by atoms with Gasteiger partial charge in [0.15, 0.2) is 0 Å². The van der Waals surface area contributed by atoms with Crippen molar-refractivity contribution in [1.29, 1.82) is 0 Å². The Balaban J connectivity index is 1.62. The smallest absolute Gasteiger partial charge is 0.253 e. The number of carbonyl (C=O) groups is 1. The maximum atomic E-state index is 12.4. The number of aliphatic hydroxyl groups excluding tert-OH is 1. The third-order valence-corrected chi connectivity index (χ3v) is 3.71. The van der Waals surface area contributed by atoms with E-state index in [1.807, 2.05) is 42.5 Å². The Hall–Kier alpha value is -2.99. The molecule has 3 rings (SSSR count). The van der Waals surface area contributed by atoms with Crippen LogP contribution >= 0.6 is 0 Å². The number of nitrogens with zero attached hydrogens (tertiary/aromatic N) is 3. The largest absolute Gasteiger partial charge is 0.388 e. The normalized spacial score (nSPS) is 11.9. The Labute approximate surface area is 139 Å². The van der Waals surface area contributed by atoms with Crippen molar-refractivity contribution in [2.45, 2.75) is 12.5 Å². The lowest BCUT2D eigenvalue weighted by atomic mass is 10.1. The van der Waals surface area contributed by atoms with Crippen LogP contribution in [0.15, 0.2) is 67.0 Å². The summed E-state index contributed by atoms with van der Waals surface area (Å²) in [5.74, 6) is -0.207. The number of carbonyl (C=O) groups excluding carboxylic acids is 1. The van der Waals surface area contributed by atoms with E-state index in [9.17, 15) is 9.90 Å². The van der Waals surface area contributed by atoms with Gasteiger partial charge in [-0.05, 0) is 24.1 Å². The third-order valence-electron chi connectivity index (χ3n) is 3.71. The molecule has 1 aromatic heterocycles. The molecule has 0 fully saturated rings. The van der Waals surface area contributed by atoms with Crippen LogP contribution in [0.5, 0.6) is 0 Å². The summed E-state index contributed by atoms with van der Waals surface area (Å²) in [6.45, 7) is 0.376. The Kier molecular flexibility index (Phi) is 4.98. The van der Waals surface area contributed by atoms with Crippen LogP contribution in [0.4, 0.5) is 0 Å². The van der Waals surface area contributed by atoms with Crippen molar-refractivity contribution < 1.29 is 9.90 Å². The van der Waals surface area contributed by atoms with Crippen molar-refractivity contribution in [1.82, 2.24) is 20.3 Å². The van der Waals surface area contributed by atoms with Crippen LogP contribution in [0.2, 0.25) is 0 Å². The summed E-state index contributed by atoms with van der Waals surface area (Å²) >= 11 is 0. The number of hydrogen-bond donors (Lipinski definition) is 2. The highest BCUT2D eigenvalue weighted by Gasteiger charge is 2.13. The van der Waals surface area contributed by atoms with Crippen LogP contribution in [0.25, 0.3) is 5.69 Å². The minimum absolute atomic E-state index is 0.207. The van der Waals surface area contributed by atoms with E-state index in [2.05, 4.69) is 15.6 Å². The maximum Gasteiger partial charge on any atom is 0.253 e. The molecule has 24 heavy (non-hydrogen) atoms. The number of aliphatic hydroxyl groups is 1. The molecule has 1 atom stereocenters. The number of aromatic nitrogens is 3. The van der Waals surface area contributed by atoms with Crippen LogP contribution in [-0.4, -0.2) is 32.6 Å². The fourth-order valence-electron chi connectivity index (χ4n) is 2.46. The average molecular weight is 322 g/mol. The van der Waals surface area contributed by atoms with Gasteiger partial charge in [-0.25, -0.2) is 4.68 Å². The Morgan fingerprint density at radius 2 is 1.88 bits per heavy atom. The topological polar surface area (TPSA) is 80.0 Å². The van der Waals surface area contributed by atoms with Crippen molar-refractivity contribution in [3.63, 3.8) is 0 Å². The van der Waals surface area contributed by atoms with Crippen molar-refractivity contribution in [2.24, 2.45) is 0 Å². The lowest BCUT2D eigenvalue weighted by Crippen LogP contribution is -2.26. The maximum absolute atomic E-state index is 12.4. The predicted molar refractivity (Wildman–Crippen MR) is 89.7 cm³/mol. The molecular formula is C18H18N4O2. The van der Waals surface area contributed by atoms with Crippen LogP contribution < -0.4 is 5.32 Å². The molecule has 0 unspecified atom stereocenters. The number of rotatable bonds is 6. The monoisotopic (exact) mass is 322 g/mol. The Bertz CT molecular complexity index is 788. The molecule has 0 spiro atoms. The minimum Gasteiger partial charge on any atom is -0.388 e. The second-order valence-electron chi connectivity index (χ2n) is 5.34. The number of hydrogen-bond acceptors (Lipinski definition) is 4. The molecule has 122 valence electrons. The molecule has 0 saturated heterocycles. The first-order valence-corrected chi connectivity index (χ1v) is 7.72. The first-order valence-electron chi connectivity index (χ1n) is 7.72. The van der Waals surface area contributed by atoms with E-state index >= 15 is 0 Å². The number of para-hydroxylation sites is 1. The van der Waals surface area contributed by atoms with Gasteiger partial charge in [-0.2, -0.15) is 0 Å². The van der Waals surface area contributed by atoms with E-state index in [1.165, 1.54) is 0 Å². The highest BCUT2D eigenvalue weighted by atomic mass is 16.3. The molecule has 6 nitrogen and oxygen atoms in total. The van der Waals surface area contributed by atoms with E-state index in [0.717, 1.165) is 5.56 Å². The lowest BCUT2D eigenvalue weighted by molar-refractivity contribution is 0.0942. The van der Waals surface area contributed by atoms with Crippen LogP contribution in [0, 0.1) is 0 Å². The molecular weight excluding hydrogens is 304 g/mol. The second kappa shape index (κ2) is 7.52. The summed E-state index contributed by atoms with van der Waals surface area (Å²) in [7, 11) is 0. The molecule has 6 heteroatoms. The molecule has 2 aromatic carbocycles. The zero-order chi connectivity index (χ0) is 16.8. The molecule has 1 amide bonds. The van der Waals surface area contributed by atoms with Gasteiger partial charge in [-0.1, -0.05) is 47.7 Å². The standard InChI is InChI=1S/C18H18N4O2/c23-17(14-6-2-1-3-7-14)10-11-19-18(24)15-8-4-5-9-16(15)22-13-12-20-21-22/h1-9,12-13,17,23H,10-11H2,(H,19,24)/t17-/m0/s1. The predicted octanol–water partition coefficient (Wildman–Crippen LogP) is 2.12. The SMILES string of the molecule is O=C(NCC[C@H](O)c1ccccc1)c1ccccc1-n1ccnn1. The average Bonchev–Trinajstić information content (AvgIpc) is 3.17. The van der Waals surface area contributed by atoms with Crippen LogP contribution in [-0.2, 0) is 0 Å². The number of nitrogens with one attached hydrogen (secondary N) is 1. The summed E-state index contributed by atoms with van der Waals surface area (Å²) in [5.41, 5.74) is 2.02. The highest BCUT2D eigenvalue weighted by molar-refractivity contribution is 5.97. The molecule has 3 aromatic rings. The Morgan fingerprint density at radius 3 is 2.62 bits per heavy atom. The first-order chi connectivity index (χ1) is 11.8. The van der Waals surface area contributed by atoms with Gasteiger partial charge < -0.3 is 10.4 Å². The van der Waals surface area contributed by atoms with Crippen molar-refractivity contribution >= 4 is 5.91 Å². The fourth-order valence-corrected chi connectivity index (χ4v) is 2.46. The van der Waals surface area contributed by atoms with E-state index in [1.54, 1.807) is 29.2 Å². The summed E-state index contributed by atoms with van der Waals surface area (Å²) in [6, 6.07) is 16.6. The Morgan fingerprint density at radius 1 is 1.12 bits per heavy atom. The van der Waals surface area contributed by atoms with E-state index in [4.69, 9.17) is 0 Å². The molecule has 0 saturated carbocycles. The van der Waals surface area contributed by atoms with Crippen LogP contribution in [0.1, 0.15) is 28.4 Å². The summed E-state index contributed by atoms with van der Waals surface area (Å²) in [5, 5.41) is 20.7. The molecule has 2 N–H and O–H groups in total. The summed E-state index contributed by atoms with van der Waals surface area (Å²) in [4.78, 5) is 12.4. The van der Waals surface area contributed by atoms with Crippen molar-refractivity contribution in [3.8, 4) is 5.69 Å². The van der Waals surface area contributed by atoms with Crippen molar-refractivity contribution in [3.05, 3.63) is 78.1 Å². The van der Waals surface area contributed by atoms with E-state index in [0.29, 0.717) is 24.2 Å². The van der Waals surface area contributed by atoms with Crippen molar-refractivity contribution in [2.75, 3.05) is 6.54 Å². The summed E-state index contributed by atoms with van der Waals surface area (Å²) in [6.07, 6.45) is 3.09. The first kappa shape index (κ1) is 15.9. The highest BCUT2D eigenvalue weighted by Crippen LogP contribution is 2.16. The van der Waals surface area contributed by atoms with E-state index in [-0.39, 0.29) is 5.91 Å². The molecule has 0 radical (unpaired) electrons. The van der Waals surface area contributed by atoms with Gasteiger partial charge in [0.1, 0.15) is 0 Å². The zero-order valence-electron chi connectivity index (χ0n) is 13.0. The quantitative estimate of drug-likeness (QED) is 0.728. The van der Waals surface area contributed by atoms with Gasteiger partial charge in [0.2, 0.25) is 0 Å². The van der Waals surface area contributed by atoms with Gasteiger partial charge >= 0.3 is 0 Å². The number of benzene rings is 2. The lowest BCUT2D eigenvalue weighted by Gasteiger charge is -2.13. The molecule has 0 aliphatic carbocycles. The second-order valence-corrected chi connectivity index (χ2v) is 5.34. The molecule has 0 aliphatic rings. The van der Waals surface area contributed by atoms with Gasteiger partial charge in [0, 0.05) is 6.54 Å². The third kappa shape index (κ3) is 3.67. The minimum atomic E-state index is -0.600. The molecule has 0 bridgehead atoms. The zero-order valence-corrected chi connectivity index (χ0v) is 13.0. The van der Waals surface area contributed by atoms with E-state index < -0.39 is 6.10 Å². The summed E-state index contributed by atoms with van der Waals surface area (Å²) < 4.78 is 1.55. The van der Waals surface area contributed by atoms with Gasteiger partial charge in [-0.3, -0.25) is 4.79 Å². The van der Waals surface area contributed by atoms with Crippen LogP contribution in [0.3, 0.4) is 0 Å². The van der Waals surface area contributed by atoms with Gasteiger partial charge in [-0.15, -0.1) is 5.10 Å². The molecule has 0 aliphatic heterocycles. The number of amides is 1. The van der Waals surface area contributed by atoms with Gasteiger partial charge in [0.05, 0.1) is 29.7 Å².